The normalized spacial score (nSPS) is 12.0. The molecular formula is C18H23NOS. The zero-order valence-corrected chi connectivity index (χ0v) is 13.7. The molecule has 0 amide bonds. The second-order valence-electron chi connectivity index (χ2n) is 5.03. The highest BCUT2D eigenvalue weighted by Gasteiger charge is 2.07. The van der Waals surface area contributed by atoms with E-state index in [2.05, 4.69) is 55.6 Å². The molecule has 0 saturated carbocycles. The van der Waals surface area contributed by atoms with Crippen LogP contribution < -0.4 is 10.1 Å². The van der Waals surface area contributed by atoms with Gasteiger partial charge in [-0.2, -0.15) is 0 Å². The second-order valence-corrected chi connectivity index (χ2v) is 6.33. The van der Waals surface area contributed by atoms with Crippen molar-refractivity contribution in [3.63, 3.8) is 0 Å². The number of anilines is 1. The first-order chi connectivity index (χ1) is 10.2. The summed E-state index contributed by atoms with van der Waals surface area (Å²) in [7, 11) is 1.70. The first-order valence-corrected chi connectivity index (χ1v) is 8.32. The Kier molecular flexibility index (Phi) is 6.00. The highest BCUT2D eigenvalue weighted by atomic mass is 32.2. The summed E-state index contributed by atoms with van der Waals surface area (Å²) in [6.45, 7) is 4.40. The van der Waals surface area contributed by atoms with Gasteiger partial charge < -0.3 is 10.1 Å². The van der Waals surface area contributed by atoms with Gasteiger partial charge in [-0.25, -0.2) is 0 Å². The van der Waals surface area contributed by atoms with E-state index in [1.807, 2.05) is 23.9 Å². The van der Waals surface area contributed by atoms with Crippen molar-refractivity contribution in [2.24, 2.45) is 0 Å². The van der Waals surface area contributed by atoms with Crippen LogP contribution >= 0.6 is 11.8 Å². The van der Waals surface area contributed by atoms with Crippen LogP contribution in [0.25, 0.3) is 0 Å². The SMILES string of the molecule is CCSc1ccccc1NC(C)Cc1ccc(OC)cc1. The van der Waals surface area contributed by atoms with E-state index >= 15 is 0 Å². The molecule has 2 aromatic rings. The third kappa shape index (κ3) is 4.71. The summed E-state index contributed by atoms with van der Waals surface area (Å²) >= 11 is 1.88. The van der Waals surface area contributed by atoms with Gasteiger partial charge in [0.15, 0.2) is 0 Å². The molecule has 1 unspecified atom stereocenters. The molecular weight excluding hydrogens is 278 g/mol. The minimum atomic E-state index is 0.386. The van der Waals surface area contributed by atoms with Crippen LogP contribution in [0.3, 0.4) is 0 Å². The Morgan fingerprint density at radius 1 is 1.10 bits per heavy atom. The summed E-state index contributed by atoms with van der Waals surface area (Å²) < 4.78 is 5.19. The van der Waals surface area contributed by atoms with Crippen LogP contribution in [0, 0.1) is 0 Å². The monoisotopic (exact) mass is 301 g/mol. The highest BCUT2D eigenvalue weighted by molar-refractivity contribution is 7.99. The fourth-order valence-electron chi connectivity index (χ4n) is 2.30. The van der Waals surface area contributed by atoms with Crippen LogP contribution in [-0.4, -0.2) is 18.9 Å². The van der Waals surface area contributed by atoms with E-state index in [0.717, 1.165) is 17.9 Å². The summed E-state index contributed by atoms with van der Waals surface area (Å²) in [5.74, 6) is 2.00. The van der Waals surface area contributed by atoms with Gasteiger partial charge >= 0.3 is 0 Å². The fourth-order valence-corrected chi connectivity index (χ4v) is 3.07. The lowest BCUT2D eigenvalue weighted by atomic mass is 10.1. The molecule has 1 atom stereocenters. The molecule has 0 aliphatic carbocycles. The molecule has 0 fully saturated rings. The van der Waals surface area contributed by atoms with Crippen molar-refractivity contribution >= 4 is 17.4 Å². The Morgan fingerprint density at radius 3 is 2.48 bits per heavy atom. The number of methoxy groups -OCH3 is 1. The molecule has 0 radical (unpaired) electrons. The lowest BCUT2D eigenvalue weighted by molar-refractivity contribution is 0.414. The van der Waals surface area contributed by atoms with Gasteiger partial charge in [-0.15, -0.1) is 11.8 Å². The summed E-state index contributed by atoms with van der Waals surface area (Å²) in [5, 5.41) is 3.62. The zero-order chi connectivity index (χ0) is 15.1. The van der Waals surface area contributed by atoms with E-state index in [0.29, 0.717) is 6.04 Å². The van der Waals surface area contributed by atoms with Gasteiger partial charge in [0.2, 0.25) is 0 Å². The molecule has 0 bridgehead atoms. The zero-order valence-electron chi connectivity index (χ0n) is 12.9. The molecule has 0 heterocycles. The molecule has 0 spiro atoms. The second kappa shape index (κ2) is 7.99. The maximum atomic E-state index is 5.19. The summed E-state index contributed by atoms with van der Waals surface area (Å²) in [6, 6.07) is 17.2. The number of ether oxygens (including phenoxy) is 1. The molecule has 0 aromatic heterocycles. The number of hydrogen-bond acceptors (Lipinski definition) is 3. The maximum absolute atomic E-state index is 5.19. The number of benzene rings is 2. The highest BCUT2D eigenvalue weighted by Crippen LogP contribution is 2.27. The Labute approximate surface area is 131 Å². The molecule has 112 valence electrons. The number of nitrogens with one attached hydrogen (secondary N) is 1. The standard InChI is InChI=1S/C18H23NOS/c1-4-21-18-8-6-5-7-17(18)19-14(2)13-15-9-11-16(20-3)12-10-15/h5-12,14,19H,4,13H2,1-3H3. The van der Waals surface area contributed by atoms with E-state index in [4.69, 9.17) is 4.74 Å². The lowest BCUT2D eigenvalue weighted by Gasteiger charge is -2.18. The van der Waals surface area contributed by atoms with Crippen molar-refractivity contribution < 1.29 is 4.74 Å². The lowest BCUT2D eigenvalue weighted by Crippen LogP contribution is -2.18. The van der Waals surface area contributed by atoms with Gasteiger partial charge in [-0.3, -0.25) is 0 Å². The molecule has 1 N–H and O–H groups in total. The maximum Gasteiger partial charge on any atom is 0.118 e. The van der Waals surface area contributed by atoms with Crippen molar-refractivity contribution in [1.29, 1.82) is 0 Å². The van der Waals surface area contributed by atoms with E-state index in [1.54, 1.807) is 7.11 Å². The number of rotatable bonds is 7. The van der Waals surface area contributed by atoms with Gasteiger partial charge in [0.25, 0.3) is 0 Å². The van der Waals surface area contributed by atoms with Crippen LogP contribution in [-0.2, 0) is 6.42 Å². The van der Waals surface area contributed by atoms with E-state index in [9.17, 15) is 0 Å². The predicted molar refractivity (Wildman–Crippen MR) is 92.6 cm³/mol. The van der Waals surface area contributed by atoms with Crippen LogP contribution in [0.15, 0.2) is 53.4 Å². The Morgan fingerprint density at radius 2 is 1.81 bits per heavy atom. The first kappa shape index (κ1) is 15.8. The van der Waals surface area contributed by atoms with Crippen molar-refractivity contribution in [2.45, 2.75) is 31.2 Å². The molecule has 2 rings (SSSR count). The molecule has 2 aromatic carbocycles. The first-order valence-electron chi connectivity index (χ1n) is 7.34. The predicted octanol–water partition coefficient (Wildman–Crippen LogP) is 4.85. The van der Waals surface area contributed by atoms with Crippen molar-refractivity contribution in [1.82, 2.24) is 0 Å². The number of hydrogen-bond donors (Lipinski definition) is 1. The summed E-state index contributed by atoms with van der Waals surface area (Å²) in [4.78, 5) is 1.32. The minimum absolute atomic E-state index is 0.386. The third-order valence-electron chi connectivity index (χ3n) is 3.29. The number of thioether (sulfide) groups is 1. The van der Waals surface area contributed by atoms with Crippen molar-refractivity contribution in [2.75, 3.05) is 18.2 Å². The largest absolute Gasteiger partial charge is 0.497 e. The average Bonchev–Trinajstić information content (AvgIpc) is 2.50. The van der Waals surface area contributed by atoms with Crippen LogP contribution in [0.5, 0.6) is 5.75 Å². The van der Waals surface area contributed by atoms with Crippen LogP contribution in [0.4, 0.5) is 5.69 Å². The Bertz CT molecular complexity index is 553. The third-order valence-corrected chi connectivity index (χ3v) is 4.25. The molecule has 0 aliphatic rings. The van der Waals surface area contributed by atoms with Crippen molar-refractivity contribution in [3.8, 4) is 5.75 Å². The molecule has 0 saturated heterocycles. The average molecular weight is 301 g/mol. The van der Waals surface area contributed by atoms with Gasteiger partial charge in [0, 0.05) is 16.6 Å². The van der Waals surface area contributed by atoms with Gasteiger partial charge in [0.05, 0.1) is 7.11 Å². The van der Waals surface area contributed by atoms with Gasteiger partial charge in [-0.05, 0) is 48.9 Å². The molecule has 0 aliphatic heterocycles. The Hall–Kier alpha value is -1.61. The quantitative estimate of drug-likeness (QED) is 0.739. The fraction of sp³-hybridized carbons (Fsp3) is 0.333. The summed E-state index contributed by atoms with van der Waals surface area (Å²) in [6.07, 6.45) is 0.995. The van der Waals surface area contributed by atoms with Crippen LogP contribution in [0.1, 0.15) is 19.4 Å². The van der Waals surface area contributed by atoms with Crippen LogP contribution in [0.2, 0.25) is 0 Å². The van der Waals surface area contributed by atoms with Gasteiger partial charge in [-0.1, -0.05) is 31.2 Å². The van der Waals surface area contributed by atoms with E-state index < -0.39 is 0 Å². The smallest absolute Gasteiger partial charge is 0.118 e. The van der Waals surface area contributed by atoms with Crippen molar-refractivity contribution in [3.05, 3.63) is 54.1 Å². The summed E-state index contributed by atoms with van der Waals surface area (Å²) in [5.41, 5.74) is 2.54. The molecule has 2 nitrogen and oxygen atoms in total. The molecule has 3 heteroatoms. The molecule has 21 heavy (non-hydrogen) atoms. The van der Waals surface area contributed by atoms with E-state index in [-0.39, 0.29) is 0 Å². The Balaban J connectivity index is 1.99. The van der Waals surface area contributed by atoms with E-state index in [1.165, 1.54) is 16.1 Å². The number of para-hydroxylation sites is 1. The minimum Gasteiger partial charge on any atom is -0.497 e. The van der Waals surface area contributed by atoms with Gasteiger partial charge in [0.1, 0.15) is 5.75 Å². The topological polar surface area (TPSA) is 21.3 Å².